The molecular formula is C10H14N4O2. The van der Waals surface area contributed by atoms with Crippen LogP contribution in [0.3, 0.4) is 0 Å². The summed E-state index contributed by atoms with van der Waals surface area (Å²) < 4.78 is 0. The molecule has 16 heavy (non-hydrogen) atoms. The third-order valence-electron chi connectivity index (χ3n) is 1.79. The molecule has 6 nitrogen and oxygen atoms in total. The van der Waals surface area contributed by atoms with Gasteiger partial charge in [-0.15, -0.1) is 0 Å². The summed E-state index contributed by atoms with van der Waals surface area (Å²) in [6.07, 6.45) is 0.245. The highest BCUT2D eigenvalue weighted by Crippen LogP contribution is 1.90. The number of hydrogen-bond acceptors (Lipinski definition) is 4. The van der Waals surface area contributed by atoms with E-state index in [0.717, 1.165) is 0 Å². The summed E-state index contributed by atoms with van der Waals surface area (Å²) in [5, 5.41) is 21.6. The summed E-state index contributed by atoms with van der Waals surface area (Å²) in [7, 11) is 0. The lowest BCUT2D eigenvalue weighted by molar-refractivity contribution is -0.120. The number of nitrogens with one attached hydrogen (secondary N) is 2. The smallest absolute Gasteiger partial charge is 0.234 e. The summed E-state index contributed by atoms with van der Waals surface area (Å²) in [5.74, 6) is -0.642. The van der Waals surface area contributed by atoms with Crippen molar-refractivity contribution >= 4 is 11.8 Å². The highest BCUT2D eigenvalue weighted by atomic mass is 16.2. The number of carbonyl (C=O) groups is 2. The largest absolute Gasteiger partial charge is 0.355 e. The Bertz CT molecular complexity index is 327. The Hall–Kier alpha value is -2.08. The van der Waals surface area contributed by atoms with Crippen molar-refractivity contribution in [1.82, 2.24) is 10.6 Å². The van der Waals surface area contributed by atoms with Crippen LogP contribution in [0.25, 0.3) is 0 Å². The van der Waals surface area contributed by atoms with Gasteiger partial charge in [-0.25, -0.2) is 0 Å². The zero-order valence-electron chi connectivity index (χ0n) is 9.12. The molecule has 0 aliphatic heterocycles. The molecule has 0 saturated carbocycles. The highest BCUT2D eigenvalue weighted by molar-refractivity contribution is 5.78. The molecule has 0 aliphatic rings. The fourth-order valence-corrected chi connectivity index (χ4v) is 1.03. The van der Waals surface area contributed by atoms with Crippen molar-refractivity contribution < 1.29 is 9.59 Å². The molecule has 0 aromatic heterocycles. The second-order valence-corrected chi connectivity index (χ2v) is 3.28. The van der Waals surface area contributed by atoms with Gasteiger partial charge >= 0.3 is 0 Å². The molecule has 0 bridgehead atoms. The van der Waals surface area contributed by atoms with Gasteiger partial charge in [0.1, 0.15) is 12.8 Å². The first-order chi connectivity index (χ1) is 7.60. The van der Waals surface area contributed by atoms with Crippen LogP contribution in [0.2, 0.25) is 0 Å². The molecule has 0 radical (unpaired) electrons. The Balaban J connectivity index is 3.63. The van der Waals surface area contributed by atoms with E-state index in [2.05, 4.69) is 10.6 Å². The standard InChI is InChI=1S/C10H14N4O2/c1-8(14-10(16)3-6-12)4-7-13-9(15)2-5-11/h8H,2-4,7H2,1H3,(H,13,15)(H,14,16). The van der Waals surface area contributed by atoms with Gasteiger partial charge in [-0.3, -0.25) is 9.59 Å². The summed E-state index contributed by atoms with van der Waals surface area (Å²) in [4.78, 5) is 21.9. The van der Waals surface area contributed by atoms with Gasteiger partial charge in [0.2, 0.25) is 11.8 Å². The maximum absolute atomic E-state index is 11.0. The maximum atomic E-state index is 11.0. The molecule has 0 aliphatic carbocycles. The number of amides is 2. The molecule has 0 fully saturated rings. The average Bonchev–Trinajstić information content (AvgIpc) is 2.18. The molecular weight excluding hydrogens is 208 g/mol. The fraction of sp³-hybridized carbons (Fsp3) is 0.600. The zero-order valence-corrected chi connectivity index (χ0v) is 9.12. The van der Waals surface area contributed by atoms with Crippen LogP contribution in [0.4, 0.5) is 0 Å². The molecule has 2 N–H and O–H groups in total. The molecule has 0 aromatic rings. The van der Waals surface area contributed by atoms with Crippen molar-refractivity contribution in [3.63, 3.8) is 0 Å². The van der Waals surface area contributed by atoms with E-state index in [1.807, 2.05) is 0 Å². The lowest BCUT2D eigenvalue weighted by atomic mass is 10.2. The van der Waals surface area contributed by atoms with Crippen molar-refractivity contribution in [2.24, 2.45) is 0 Å². The van der Waals surface area contributed by atoms with E-state index in [-0.39, 0.29) is 30.7 Å². The second kappa shape index (κ2) is 8.25. The second-order valence-electron chi connectivity index (χ2n) is 3.28. The molecule has 86 valence electrons. The molecule has 6 heteroatoms. The summed E-state index contributed by atoms with van der Waals surface area (Å²) >= 11 is 0. The fourth-order valence-electron chi connectivity index (χ4n) is 1.03. The van der Waals surface area contributed by atoms with E-state index < -0.39 is 0 Å². The zero-order chi connectivity index (χ0) is 12.4. The Morgan fingerprint density at radius 1 is 1.19 bits per heavy atom. The van der Waals surface area contributed by atoms with Crippen LogP contribution in [0.5, 0.6) is 0 Å². The van der Waals surface area contributed by atoms with E-state index in [9.17, 15) is 9.59 Å². The van der Waals surface area contributed by atoms with Gasteiger partial charge in [-0.2, -0.15) is 10.5 Å². The van der Waals surface area contributed by atoms with Gasteiger partial charge in [0.05, 0.1) is 12.1 Å². The predicted octanol–water partition coefficient (Wildman–Crippen LogP) is -0.175. The lowest BCUT2D eigenvalue weighted by Gasteiger charge is -2.12. The minimum absolute atomic E-state index is 0.108. The third-order valence-corrected chi connectivity index (χ3v) is 1.79. The molecule has 0 aromatic carbocycles. The Morgan fingerprint density at radius 3 is 2.31 bits per heavy atom. The van der Waals surface area contributed by atoms with E-state index in [0.29, 0.717) is 13.0 Å². The number of carbonyl (C=O) groups excluding carboxylic acids is 2. The van der Waals surface area contributed by atoms with Gasteiger partial charge in [-0.1, -0.05) is 0 Å². The van der Waals surface area contributed by atoms with Crippen LogP contribution in [-0.2, 0) is 9.59 Å². The molecule has 0 spiro atoms. The minimum Gasteiger partial charge on any atom is -0.355 e. The molecule has 0 saturated heterocycles. The van der Waals surface area contributed by atoms with Crippen LogP contribution in [0.15, 0.2) is 0 Å². The minimum atomic E-state index is -0.321. The SMILES string of the molecule is CC(CCNC(=O)CC#N)NC(=O)CC#N. The van der Waals surface area contributed by atoms with Crippen LogP contribution < -0.4 is 10.6 Å². The van der Waals surface area contributed by atoms with Crippen molar-refractivity contribution in [1.29, 1.82) is 10.5 Å². The van der Waals surface area contributed by atoms with Crippen molar-refractivity contribution in [3.8, 4) is 12.1 Å². The molecule has 1 atom stereocenters. The van der Waals surface area contributed by atoms with E-state index in [4.69, 9.17) is 10.5 Å². The summed E-state index contributed by atoms with van der Waals surface area (Å²) in [6.45, 7) is 2.18. The van der Waals surface area contributed by atoms with Gasteiger partial charge in [0, 0.05) is 12.6 Å². The predicted molar refractivity (Wildman–Crippen MR) is 55.7 cm³/mol. The van der Waals surface area contributed by atoms with Crippen LogP contribution >= 0.6 is 0 Å². The van der Waals surface area contributed by atoms with Crippen molar-refractivity contribution in [3.05, 3.63) is 0 Å². The number of rotatable bonds is 6. The summed E-state index contributed by atoms with van der Waals surface area (Å²) in [6, 6.07) is 3.37. The number of nitriles is 2. The van der Waals surface area contributed by atoms with E-state index >= 15 is 0 Å². The molecule has 0 heterocycles. The molecule has 0 rings (SSSR count). The van der Waals surface area contributed by atoms with Gasteiger partial charge in [0.25, 0.3) is 0 Å². The third kappa shape index (κ3) is 7.34. The quantitative estimate of drug-likeness (QED) is 0.650. The molecule has 1 unspecified atom stereocenters. The average molecular weight is 222 g/mol. The summed E-state index contributed by atoms with van der Waals surface area (Å²) in [5.41, 5.74) is 0. The van der Waals surface area contributed by atoms with Gasteiger partial charge in [-0.05, 0) is 13.3 Å². The Labute approximate surface area is 94.2 Å². The van der Waals surface area contributed by atoms with Crippen LogP contribution in [0.1, 0.15) is 26.2 Å². The Kier molecular flexibility index (Phi) is 7.17. The Morgan fingerprint density at radius 2 is 1.75 bits per heavy atom. The number of hydrogen-bond donors (Lipinski definition) is 2. The first-order valence-corrected chi connectivity index (χ1v) is 4.90. The van der Waals surface area contributed by atoms with E-state index in [1.54, 1.807) is 19.1 Å². The first-order valence-electron chi connectivity index (χ1n) is 4.90. The van der Waals surface area contributed by atoms with Crippen molar-refractivity contribution in [2.75, 3.05) is 6.54 Å². The first kappa shape index (κ1) is 13.9. The normalized spacial score (nSPS) is 10.7. The maximum Gasteiger partial charge on any atom is 0.234 e. The number of nitrogens with zero attached hydrogens (tertiary/aromatic N) is 2. The topological polar surface area (TPSA) is 106 Å². The van der Waals surface area contributed by atoms with Gasteiger partial charge < -0.3 is 10.6 Å². The lowest BCUT2D eigenvalue weighted by Crippen LogP contribution is -2.35. The van der Waals surface area contributed by atoms with Crippen LogP contribution in [-0.4, -0.2) is 24.4 Å². The highest BCUT2D eigenvalue weighted by Gasteiger charge is 2.07. The monoisotopic (exact) mass is 222 g/mol. The van der Waals surface area contributed by atoms with Crippen LogP contribution in [0, 0.1) is 22.7 Å². The van der Waals surface area contributed by atoms with E-state index in [1.165, 1.54) is 0 Å². The molecule has 2 amide bonds. The van der Waals surface area contributed by atoms with Crippen molar-refractivity contribution in [2.45, 2.75) is 32.2 Å². The van der Waals surface area contributed by atoms with Gasteiger partial charge in [0.15, 0.2) is 0 Å².